The molecule has 2 rings (SSSR count). The minimum absolute atomic E-state index is 0.272. The second-order valence-corrected chi connectivity index (χ2v) is 4.87. The minimum atomic E-state index is -4.41. The zero-order valence-electron chi connectivity index (χ0n) is 10.8. The first-order chi connectivity index (χ1) is 9.42. The molecule has 0 bridgehead atoms. The smallest absolute Gasteiger partial charge is 0.345 e. The number of rotatable bonds is 7. The van der Waals surface area contributed by atoms with Crippen molar-refractivity contribution in [1.82, 2.24) is 25.6 Å². The van der Waals surface area contributed by atoms with Crippen LogP contribution in [0.25, 0.3) is 0 Å². The fourth-order valence-corrected chi connectivity index (χ4v) is 1.62. The average Bonchev–Trinajstić information content (AvgIpc) is 3.07. The van der Waals surface area contributed by atoms with Gasteiger partial charge in [-0.1, -0.05) is 5.21 Å². The molecule has 1 aromatic heterocycles. The van der Waals surface area contributed by atoms with Crippen molar-refractivity contribution in [1.29, 1.82) is 0 Å². The maximum atomic E-state index is 11.9. The Hall–Kier alpha value is -1.64. The summed E-state index contributed by atoms with van der Waals surface area (Å²) in [6.07, 6.45) is -0.360. The molecule has 1 aliphatic carbocycles. The molecular weight excluding hydrogens is 275 g/mol. The Kier molecular flexibility index (Phi) is 4.58. The summed E-state index contributed by atoms with van der Waals surface area (Å²) in [4.78, 5) is 11.3. The Morgan fingerprint density at radius 3 is 2.85 bits per heavy atom. The Balaban J connectivity index is 1.69. The summed E-state index contributed by atoms with van der Waals surface area (Å²) in [7, 11) is 0. The largest absolute Gasteiger partial charge is 0.405 e. The summed E-state index contributed by atoms with van der Waals surface area (Å²) in [6, 6.07) is 0. The highest BCUT2D eigenvalue weighted by Gasteiger charge is 2.27. The number of halogens is 3. The van der Waals surface area contributed by atoms with Crippen LogP contribution in [0.15, 0.2) is 6.20 Å². The maximum Gasteiger partial charge on any atom is 0.405 e. The van der Waals surface area contributed by atoms with Gasteiger partial charge in [-0.15, -0.1) is 5.10 Å². The van der Waals surface area contributed by atoms with Crippen molar-refractivity contribution in [3.63, 3.8) is 0 Å². The summed E-state index contributed by atoms with van der Waals surface area (Å²) in [5, 5.41) is 12.5. The van der Waals surface area contributed by atoms with E-state index >= 15 is 0 Å². The third-order valence-corrected chi connectivity index (χ3v) is 2.81. The van der Waals surface area contributed by atoms with Gasteiger partial charge < -0.3 is 10.6 Å². The van der Waals surface area contributed by atoms with E-state index in [1.165, 1.54) is 17.5 Å². The number of hydrogen-bond acceptors (Lipinski definition) is 4. The van der Waals surface area contributed by atoms with Crippen molar-refractivity contribution < 1.29 is 18.0 Å². The number of carbonyl (C=O) groups excluding carboxylic acids is 1. The molecule has 112 valence electrons. The second kappa shape index (κ2) is 6.21. The van der Waals surface area contributed by atoms with Crippen molar-refractivity contribution in [2.24, 2.45) is 5.92 Å². The van der Waals surface area contributed by atoms with Gasteiger partial charge in [0.1, 0.15) is 13.1 Å². The first-order valence-electron chi connectivity index (χ1n) is 6.35. The van der Waals surface area contributed by atoms with Crippen molar-refractivity contribution in [3.05, 3.63) is 11.9 Å². The van der Waals surface area contributed by atoms with E-state index in [1.54, 1.807) is 11.5 Å². The molecule has 1 fully saturated rings. The maximum absolute atomic E-state index is 11.9. The van der Waals surface area contributed by atoms with E-state index < -0.39 is 18.6 Å². The van der Waals surface area contributed by atoms with Crippen molar-refractivity contribution >= 4 is 5.91 Å². The third-order valence-electron chi connectivity index (χ3n) is 2.81. The summed E-state index contributed by atoms with van der Waals surface area (Å²) >= 11 is 0. The molecule has 20 heavy (non-hydrogen) atoms. The lowest BCUT2D eigenvalue weighted by Crippen LogP contribution is -2.35. The number of hydrogen-bond donors (Lipinski definition) is 2. The fraction of sp³-hybridized carbons (Fsp3) is 0.727. The standard InChI is InChI=1S/C11H16F3N5O/c12-11(13,14)7-16-10(20)6-19-5-9(17-18-19)4-15-3-8-1-2-8/h5,8,15H,1-4,6-7H2,(H,16,20). The van der Waals surface area contributed by atoms with Crippen LogP contribution in [0.2, 0.25) is 0 Å². The van der Waals surface area contributed by atoms with Crippen LogP contribution in [0.3, 0.4) is 0 Å². The quantitative estimate of drug-likeness (QED) is 0.765. The molecule has 0 saturated heterocycles. The van der Waals surface area contributed by atoms with Crippen LogP contribution in [0, 0.1) is 5.92 Å². The van der Waals surface area contributed by atoms with E-state index in [0.29, 0.717) is 12.2 Å². The lowest BCUT2D eigenvalue weighted by Gasteiger charge is -2.07. The van der Waals surface area contributed by atoms with E-state index in [4.69, 9.17) is 0 Å². The molecule has 0 aromatic carbocycles. The van der Waals surface area contributed by atoms with E-state index in [0.717, 1.165) is 12.5 Å². The molecule has 9 heteroatoms. The molecule has 2 N–H and O–H groups in total. The topological polar surface area (TPSA) is 71.8 Å². The lowest BCUT2D eigenvalue weighted by atomic mass is 10.4. The van der Waals surface area contributed by atoms with Crippen molar-refractivity contribution in [3.8, 4) is 0 Å². The summed E-state index contributed by atoms with van der Waals surface area (Å²) in [5.74, 6) is 0.00269. The molecule has 1 saturated carbocycles. The Labute approximate surface area is 113 Å². The number of nitrogens with zero attached hydrogens (tertiary/aromatic N) is 3. The van der Waals surface area contributed by atoms with Gasteiger partial charge in [-0.05, 0) is 25.3 Å². The van der Waals surface area contributed by atoms with Gasteiger partial charge in [0.25, 0.3) is 0 Å². The van der Waals surface area contributed by atoms with Gasteiger partial charge in [0.15, 0.2) is 0 Å². The molecule has 1 amide bonds. The van der Waals surface area contributed by atoms with Crippen molar-refractivity contribution in [2.45, 2.75) is 32.1 Å². The first kappa shape index (κ1) is 14.8. The van der Waals surface area contributed by atoms with E-state index in [-0.39, 0.29) is 6.54 Å². The van der Waals surface area contributed by atoms with Gasteiger partial charge in [0.2, 0.25) is 5.91 Å². The highest BCUT2D eigenvalue weighted by atomic mass is 19.4. The van der Waals surface area contributed by atoms with Gasteiger partial charge >= 0.3 is 6.18 Å². The van der Waals surface area contributed by atoms with Gasteiger partial charge in [-0.25, -0.2) is 4.68 Å². The predicted molar refractivity (Wildman–Crippen MR) is 63.5 cm³/mol. The van der Waals surface area contributed by atoms with E-state index in [1.807, 2.05) is 0 Å². The molecule has 0 atom stereocenters. The highest BCUT2D eigenvalue weighted by Crippen LogP contribution is 2.27. The molecule has 0 radical (unpaired) electrons. The fourth-order valence-electron chi connectivity index (χ4n) is 1.62. The van der Waals surface area contributed by atoms with Crippen molar-refractivity contribution in [2.75, 3.05) is 13.1 Å². The SMILES string of the molecule is O=C(Cn1cc(CNCC2CC2)nn1)NCC(F)(F)F. The van der Waals surface area contributed by atoms with E-state index in [9.17, 15) is 18.0 Å². The van der Waals surface area contributed by atoms with Crippen LogP contribution in [-0.4, -0.2) is 40.2 Å². The molecule has 0 aliphatic heterocycles. The molecule has 0 spiro atoms. The number of carbonyl (C=O) groups is 1. The Bertz CT molecular complexity index is 455. The normalized spacial score (nSPS) is 15.3. The first-order valence-corrected chi connectivity index (χ1v) is 6.35. The highest BCUT2D eigenvalue weighted by molar-refractivity contribution is 5.75. The minimum Gasteiger partial charge on any atom is -0.345 e. The number of aromatic nitrogens is 3. The Morgan fingerprint density at radius 2 is 2.20 bits per heavy atom. The third kappa shape index (κ3) is 5.55. The zero-order chi connectivity index (χ0) is 14.6. The van der Waals surface area contributed by atoms with Crippen LogP contribution in [0.1, 0.15) is 18.5 Å². The van der Waals surface area contributed by atoms with Gasteiger partial charge in [0.05, 0.1) is 11.9 Å². The van der Waals surface area contributed by atoms with Crippen LogP contribution >= 0.6 is 0 Å². The summed E-state index contributed by atoms with van der Waals surface area (Å²) in [6.45, 7) is -0.137. The number of nitrogens with one attached hydrogen (secondary N) is 2. The van der Waals surface area contributed by atoms with Crippen LogP contribution in [0.5, 0.6) is 0 Å². The van der Waals surface area contributed by atoms with E-state index in [2.05, 4.69) is 15.6 Å². The summed E-state index contributed by atoms with van der Waals surface area (Å²) < 4.78 is 37.0. The van der Waals surface area contributed by atoms with Crippen LogP contribution in [0.4, 0.5) is 13.2 Å². The van der Waals surface area contributed by atoms with Crippen LogP contribution < -0.4 is 10.6 Å². The molecule has 1 aliphatic rings. The van der Waals surface area contributed by atoms with Gasteiger partial charge in [-0.2, -0.15) is 13.2 Å². The van der Waals surface area contributed by atoms with Gasteiger partial charge in [-0.3, -0.25) is 4.79 Å². The lowest BCUT2D eigenvalue weighted by molar-refractivity contribution is -0.138. The molecule has 1 heterocycles. The predicted octanol–water partition coefficient (Wildman–Crippen LogP) is 0.456. The Morgan fingerprint density at radius 1 is 1.45 bits per heavy atom. The molecule has 0 unspecified atom stereocenters. The summed E-state index contributed by atoms with van der Waals surface area (Å²) in [5.41, 5.74) is 0.661. The average molecular weight is 291 g/mol. The van der Waals surface area contributed by atoms with Crippen LogP contribution in [-0.2, 0) is 17.9 Å². The number of alkyl halides is 3. The molecule has 1 aromatic rings. The molecule has 6 nitrogen and oxygen atoms in total. The number of amides is 1. The molecular formula is C11H16F3N5O. The monoisotopic (exact) mass is 291 g/mol. The second-order valence-electron chi connectivity index (χ2n) is 4.87. The zero-order valence-corrected chi connectivity index (χ0v) is 10.8. The van der Waals surface area contributed by atoms with Gasteiger partial charge in [0, 0.05) is 6.54 Å².